The number of benzene rings is 1. The number of rotatable bonds is 1. The zero-order valence-electron chi connectivity index (χ0n) is 14.0. The third kappa shape index (κ3) is 3.07. The largest absolute Gasteiger partial charge is 0.434 e. The molecule has 0 fully saturated rings. The maximum Gasteiger partial charge on any atom is 0.434 e. The van der Waals surface area contributed by atoms with Crippen LogP contribution in [0.25, 0.3) is 0 Å². The minimum absolute atomic E-state index is 0.0374. The Bertz CT molecular complexity index is 1000. The lowest BCUT2D eigenvalue weighted by Crippen LogP contribution is -2.29. The van der Waals surface area contributed by atoms with Crippen LogP contribution < -0.4 is 4.90 Å². The molecule has 2 aromatic rings. The standard InChI is InChI=1S/C18H12F4N4O/c1-9-13(7-24)17(18(20,21)22)25-8-14(9)26-3-2-15(27)12-5-11(19)4-10(6-23)16(12)26/h4-5,8,15,27H,2-3H2,1H3. The Labute approximate surface area is 151 Å². The van der Waals surface area contributed by atoms with Gasteiger partial charge in [-0.3, -0.25) is 0 Å². The van der Waals surface area contributed by atoms with Crippen molar-refractivity contribution in [3.63, 3.8) is 0 Å². The fourth-order valence-corrected chi connectivity index (χ4v) is 3.24. The summed E-state index contributed by atoms with van der Waals surface area (Å²) in [6.07, 6.45) is -4.66. The number of hydrogen-bond donors (Lipinski definition) is 1. The van der Waals surface area contributed by atoms with Crippen LogP contribution in [0, 0.1) is 35.4 Å². The molecule has 0 bridgehead atoms. The molecule has 2 heterocycles. The minimum atomic E-state index is -4.79. The molecule has 1 aliphatic heterocycles. The molecule has 0 amide bonds. The topological polar surface area (TPSA) is 83.9 Å². The van der Waals surface area contributed by atoms with Gasteiger partial charge in [0.2, 0.25) is 0 Å². The van der Waals surface area contributed by atoms with E-state index >= 15 is 0 Å². The summed E-state index contributed by atoms with van der Waals surface area (Å²) in [4.78, 5) is 4.90. The van der Waals surface area contributed by atoms with Crippen LogP contribution in [0.4, 0.5) is 28.9 Å². The van der Waals surface area contributed by atoms with E-state index in [9.17, 15) is 33.2 Å². The van der Waals surface area contributed by atoms with Gasteiger partial charge >= 0.3 is 6.18 Å². The van der Waals surface area contributed by atoms with Crippen molar-refractivity contribution in [3.05, 3.63) is 52.1 Å². The molecule has 5 nitrogen and oxygen atoms in total. The quantitative estimate of drug-likeness (QED) is 0.764. The fraction of sp³-hybridized carbons (Fsp3) is 0.278. The van der Waals surface area contributed by atoms with Crippen LogP contribution in [0.5, 0.6) is 0 Å². The summed E-state index contributed by atoms with van der Waals surface area (Å²) in [7, 11) is 0. The van der Waals surface area contributed by atoms with Gasteiger partial charge < -0.3 is 10.0 Å². The highest BCUT2D eigenvalue weighted by molar-refractivity contribution is 5.76. The van der Waals surface area contributed by atoms with Crippen molar-refractivity contribution < 1.29 is 22.7 Å². The molecule has 138 valence electrons. The number of anilines is 2. The van der Waals surface area contributed by atoms with E-state index in [1.807, 2.05) is 6.07 Å². The highest BCUT2D eigenvalue weighted by Gasteiger charge is 2.38. The van der Waals surface area contributed by atoms with Crippen LogP contribution in [0.15, 0.2) is 18.3 Å². The molecule has 1 N–H and O–H groups in total. The number of hydrogen-bond acceptors (Lipinski definition) is 5. The zero-order chi connectivity index (χ0) is 19.9. The number of fused-ring (bicyclic) bond motifs is 1. The molecule has 1 atom stereocenters. The van der Waals surface area contributed by atoms with Crippen molar-refractivity contribution in [2.75, 3.05) is 11.4 Å². The van der Waals surface area contributed by atoms with Crippen LogP contribution in [-0.4, -0.2) is 16.6 Å². The highest BCUT2D eigenvalue weighted by atomic mass is 19.4. The van der Waals surface area contributed by atoms with Crippen molar-refractivity contribution in [2.24, 2.45) is 0 Å². The van der Waals surface area contributed by atoms with Gasteiger partial charge in [0, 0.05) is 12.1 Å². The number of nitriles is 2. The summed E-state index contributed by atoms with van der Waals surface area (Å²) in [5.74, 6) is -0.703. The maximum absolute atomic E-state index is 13.8. The van der Waals surface area contributed by atoms with Crippen LogP contribution in [0.1, 0.15) is 40.5 Å². The molecule has 0 saturated carbocycles. The number of aliphatic hydroxyl groups excluding tert-OH is 1. The number of aliphatic hydroxyl groups is 1. The number of aromatic nitrogens is 1. The summed E-state index contributed by atoms with van der Waals surface area (Å²) >= 11 is 0. The molecule has 1 unspecified atom stereocenters. The maximum atomic E-state index is 13.8. The summed E-state index contributed by atoms with van der Waals surface area (Å²) in [6, 6.07) is 5.45. The average Bonchev–Trinajstić information content (AvgIpc) is 2.61. The molecular weight excluding hydrogens is 364 g/mol. The minimum Gasteiger partial charge on any atom is -0.388 e. The molecule has 0 saturated heterocycles. The SMILES string of the molecule is Cc1c(N2CCC(O)c3cc(F)cc(C#N)c32)cnc(C(F)(F)F)c1C#N. The molecule has 0 aliphatic carbocycles. The Morgan fingerprint density at radius 2 is 1.96 bits per heavy atom. The Hall–Kier alpha value is -3.17. The first-order valence-electron chi connectivity index (χ1n) is 7.85. The molecule has 9 heteroatoms. The van der Waals surface area contributed by atoms with E-state index in [1.54, 1.807) is 0 Å². The number of alkyl halides is 3. The smallest absolute Gasteiger partial charge is 0.388 e. The summed E-state index contributed by atoms with van der Waals surface area (Å²) in [5.41, 5.74) is -1.38. The third-order valence-corrected chi connectivity index (χ3v) is 4.46. The Balaban J connectivity index is 2.25. The van der Waals surface area contributed by atoms with Crippen molar-refractivity contribution >= 4 is 11.4 Å². The lowest BCUT2D eigenvalue weighted by Gasteiger charge is -2.35. The first-order valence-corrected chi connectivity index (χ1v) is 7.85. The molecule has 1 aliphatic rings. The third-order valence-electron chi connectivity index (χ3n) is 4.46. The Morgan fingerprint density at radius 3 is 2.56 bits per heavy atom. The van der Waals surface area contributed by atoms with Crippen molar-refractivity contribution in [1.29, 1.82) is 10.5 Å². The summed E-state index contributed by atoms with van der Waals surface area (Å²) in [5, 5.41) is 28.7. The van der Waals surface area contributed by atoms with Gasteiger partial charge in [-0.05, 0) is 31.0 Å². The van der Waals surface area contributed by atoms with E-state index in [2.05, 4.69) is 4.98 Å². The van der Waals surface area contributed by atoms with Gasteiger partial charge in [-0.25, -0.2) is 9.37 Å². The van der Waals surface area contributed by atoms with E-state index in [0.717, 1.165) is 18.3 Å². The number of pyridine rings is 1. The predicted octanol–water partition coefficient (Wildman–Crippen LogP) is 3.87. The van der Waals surface area contributed by atoms with E-state index in [0.29, 0.717) is 0 Å². The molecule has 0 spiro atoms. The van der Waals surface area contributed by atoms with Crippen LogP contribution in [0.3, 0.4) is 0 Å². The zero-order valence-corrected chi connectivity index (χ0v) is 14.0. The molecule has 27 heavy (non-hydrogen) atoms. The molecular formula is C18H12F4N4O. The van der Waals surface area contributed by atoms with E-state index in [4.69, 9.17) is 0 Å². The highest BCUT2D eigenvalue weighted by Crippen LogP contribution is 2.43. The molecule has 1 aromatic heterocycles. The fourth-order valence-electron chi connectivity index (χ4n) is 3.24. The Kier molecular flexibility index (Phi) is 4.50. The van der Waals surface area contributed by atoms with E-state index < -0.39 is 29.4 Å². The van der Waals surface area contributed by atoms with Crippen LogP contribution >= 0.6 is 0 Å². The van der Waals surface area contributed by atoms with Crippen LogP contribution in [-0.2, 0) is 6.18 Å². The van der Waals surface area contributed by atoms with E-state index in [1.165, 1.54) is 17.9 Å². The number of halogens is 4. The van der Waals surface area contributed by atoms with E-state index in [-0.39, 0.29) is 41.0 Å². The molecule has 3 rings (SSSR count). The molecule has 1 aromatic carbocycles. The van der Waals surface area contributed by atoms with Gasteiger partial charge in [0.25, 0.3) is 0 Å². The van der Waals surface area contributed by atoms with Gasteiger partial charge in [-0.2, -0.15) is 23.7 Å². The average molecular weight is 376 g/mol. The lowest BCUT2D eigenvalue weighted by molar-refractivity contribution is -0.141. The number of nitrogens with zero attached hydrogens (tertiary/aromatic N) is 4. The predicted molar refractivity (Wildman–Crippen MR) is 86.4 cm³/mol. The van der Waals surface area contributed by atoms with Crippen molar-refractivity contribution in [1.82, 2.24) is 4.98 Å². The summed E-state index contributed by atoms with van der Waals surface area (Å²) < 4.78 is 53.1. The monoisotopic (exact) mass is 376 g/mol. The second-order valence-corrected chi connectivity index (χ2v) is 6.06. The van der Waals surface area contributed by atoms with Gasteiger partial charge in [0.1, 0.15) is 18.0 Å². The van der Waals surface area contributed by atoms with Gasteiger partial charge in [-0.1, -0.05) is 0 Å². The van der Waals surface area contributed by atoms with Crippen molar-refractivity contribution in [2.45, 2.75) is 25.6 Å². The van der Waals surface area contributed by atoms with Gasteiger partial charge in [0.05, 0.1) is 34.8 Å². The Morgan fingerprint density at radius 1 is 1.26 bits per heavy atom. The lowest BCUT2D eigenvalue weighted by atomic mass is 9.94. The molecule has 0 radical (unpaired) electrons. The second-order valence-electron chi connectivity index (χ2n) is 6.06. The van der Waals surface area contributed by atoms with Crippen molar-refractivity contribution in [3.8, 4) is 12.1 Å². The first kappa shape index (κ1) is 18.6. The first-order chi connectivity index (χ1) is 12.7. The van der Waals surface area contributed by atoms with Gasteiger partial charge in [0.15, 0.2) is 5.69 Å². The summed E-state index contributed by atoms with van der Waals surface area (Å²) in [6.45, 7) is 1.51. The normalized spacial score (nSPS) is 16.4. The second kappa shape index (κ2) is 6.53. The van der Waals surface area contributed by atoms with Gasteiger partial charge in [-0.15, -0.1) is 0 Å². The van der Waals surface area contributed by atoms with Crippen LogP contribution in [0.2, 0.25) is 0 Å².